The van der Waals surface area contributed by atoms with Crippen LogP contribution in [-0.2, 0) is 11.2 Å². The van der Waals surface area contributed by atoms with Gasteiger partial charge in [0.05, 0.1) is 0 Å². The van der Waals surface area contributed by atoms with Gasteiger partial charge in [0.1, 0.15) is 5.82 Å². The molecule has 0 radical (unpaired) electrons. The maximum atomic E-state index is 13.4. The average Bonchev–Trinajstić information content (AvgIpc) is 2.53. The molecule has 0 fully saturated rings. The van der Waals surface area contributed by atoms with Crippen molar-refractivity contribution in [3.63, 3.8) is 0 Å². The number of carbonyl (C=O) groups excluding carboxylic acids is 1. The molecule has 114 valence electrons. The van der Waals surface area contributed by atoms with E-state index >= 15 is 0 Å². The zero-order valence-electron chi connectivity index (χ0n) is 12.6. The highest BCUT2D eigenvalue weighted by Crippen LogP contribution is 2.08. The number of hydrogen-bond donors (Lipinski definition) is 1. The standard InChI is InChI=1S/C19H20FNO/c1-15(11-12-16-7-3-2-4-8-16)21-19(22)14-13-17-9-5-6-10-18(17)20/h2-10,13-15H,11-12H2,1H3,(H,21,22)/b14-13+. The van der Waals surface area contributed by atoms with Gasteiger partial charge in [0.2, 0.25) is 5.91 Å². The van der Waals surface area contributed by atoms with Gasteiger partial charge in [-0.05, 0) is 37.5 Å². The number of halogens is 1. The summed E-state index contributed by atoms with van der Waals surface area (Å²) >= 11 is 0. The summed E-state index contributed by atoms with van der Waals surface area (Å²) in [5, 5.41) is 2.89. The van der Waals surface area contributed by atoms with E-state index in [1.807, 2.05) is 25.1 Å². The van der Waals surface area contributed by atoms with Crippen LogP contribution in [0.4, 0.5) is 4.39 Å². The van der Waals surface area contributed by atoms with E-state index in [-0.39, 0.29) is 17.8 Å². The van der Waals surface area contributed by atoms with Crippen molar-refractivity contribution < 1.29 is 9.18 Å². The summed E-state index contributed by atoms with van der Waals surface area (Å²) in [7, 11) is 0. The fraction of sp³-hybridized carbons (Fsp3) is 0.211. The molecule has 0 saturated carbocycles. The molecule has 0 bridgehead atoms. The van der Waals surface area contributed by atoms with Gasteiger partial charge in [-0.1, -0.05) is 48.5 Å². The summed E-state index contributed by atoms with van der Waals surface area (Å²) < 4.78 is 13.4. The Kier molecular flexibility index (Phi) is 5.90. The van der Waals surface area contributed by atoms with Crippen LogP contribution in [0.3, 0.4) is 0 Å². The highest BCUT2D eigenvalue weighted by Gasteiger charge is 2.05. The molecule has 3 heteroatoms. The van der Waals surface area contributed by atoms with Gasteiger partial charge in [0.15, 0.2) is 0 Å². The SMILES string of the molecule is CC(CCc1ccccc1)NC(=O)/C=C/c1ccccc1F. The number of aryl methyl sites for hydroxylation is 1. The lowest BCUT2D eigenvalue weighted by Crippen LogP contribution is -2.31. The van der Waals surface area contributed by atoms with Crippen LogP contribution >= 0.6 is 0 Å². The van der Waals surface area contributed by atoms with E-state index < -0.39 is 0 Å². The Labute approximate surface area is 130 Å². The van der Waals surface area contributed by atoms with Crippen LogP contribution in [0.25, 0.3) is 6.08 Å². The third-order valence-corrected chi connectivity index (χ3v) is 3.42. The number of hydrogen-bond acceptors (Lipinski definition) is 1. The first-order valence-corrected chi connectivity index (χ1v) is 7.42. The summed E-state index contributed by atoms with van der Waals surface area (Å²) in [5.41, 5.74) is 1.67. The molecule has 2 aromatic carbocycles. The van der Waals surface area contributed by atoms with E-state index in [4.69, 9.17) is 0 Å². The molecular weight excluding hydrogens is 277 g/mol. The number of rotatable bonds is 6. The van der Waals surface area contributed by atoms with Crippen molar-refractivity contribution in [2.45, 2.75) is 25.8 Å². The molecule has 0 aliphatic carbocycles. The lowest BCUT2D eigenvalue weighted by atomic mass is 10.1. The Morgan fingerprint density at radius 2 is 1.82 bits per heavy atom. The molecule has 1 unspecified atom stereocenters. The molecule has 2 rings (SSSR count). The first kappa shape index (κ1) is 16.0. The second-order valence-corrected chi connectivity index (χ2v) is 5.29. The molecule has 2 aromatic rings. The van der Waals surface area contributed by atoms with Crippen molar-refractivity contribution in [2.24, 2.45) is 0 Å². The third-order valence-electron chi connectivity index (χ3n) is 3.42. The minimum absolute atomic E-state index is 0.0676. The van der Waals surface area contributed by atoms with Crippen molar-refractivity contribution in [3.05, 3.63) is 77.6 Å². The van der Waals surface area contributed by atoms with Crippen molar-refractivity contribution in [3.8, 4) is 0 Å². The van der Waals surface area contributed by atoms with Gasteiger partial charge in [0.25, 0.3) is 0 Å². The predicted molar refractivity (Wildman–Crippen MR) is 87.8 cm³/mol. The van der Waals surface area contributed by atoms with E-state index in [0.29, 0.717) is 5.56 Å². The summed E-state index contributed by atoms with van der Waals surface area (Å²) in [4.78, 5) is 11.8. The average molecular weight is 297 g/mol. The van der Waals surface area contributed by atoms with Gasteiger partial charge >= 0.3 is 0 Å². The molecule has 0 aromatic heterocycles. The Hall–Kier alpha value is -2.42. The second kappa shape index (κ2) is 8.13. The number of nitrogens with one attached hydrogen (secondary N) is 1. The Morgan fingerprint density at radius 1 is 1.14 bits per heavy atom. The second-order valence-electron chi connectivity index (χ2n) is 5.29. The molecular formula is C19H20FNO. The van der Waals surface area contributed by atoms with Crippen molar-refractivity contribution >= 4 is 12.0 Å². The van der Waals surface area contributed by atoms with Crippen LogP contribution in [0, 0.1) is 5.82 Å². The van der Waals surface area contributed by atoms with E-state index in [1.165, 1.54) is 23.8 Å². The molecule has 0 spiro atoms. The Balaban J connectivity index is 1.80. The van der Waals surface area contributed by atoms with Crippen LogP contribution in [0.5, 0.6) is 0 Å². The molecule has 22 heavy (non-hydrogen) atoms. The Bertz CT molecular complexity index is 637. The quantitative estimate of drug-likeness (QED) is 0.803. The van der Waals surface area contributed by atoms with E-state index in [0.717, 1.165) is 12.8 Å². The fourth-order valence-corrected chi connectivity index (χ4v) is 2.17. The molecule has 0 heterocycles. The first-order valence-electron chi connectivity index (χ1n) is 7.42. The molecule has 0 aliphatic rings. The summed E-state index contributed by atoms with van der Waals surface area (Å²) in [6.45, 7) is 1.97. The lowest BCUT2D eigenvalue weighted by molar-refractivity contribution is -0.117. The Morgan fingerprint density at radius 3 is 2.55 bits per heavy atom. The van der Waals surface area contributed by atoms with Gasteiger partial charge in [-0.25, -0.2) is 4.39 Å². The summed E-state index contributed by atoms with van der Waals surface area (Å²) in [6.07, 6.45) is 4.65. The zero-order valence-corrected chi connectivity index (χ0v) is 12.6. The van der Waals surface area contributed by atoms with Gasteiger partial charge in [0, 0.05) is 17.7 Å². The van der Waals surface area contributed by atoms with Gasteiger partial charge in [-0.15, -0.1) is 0 Å². The normalized spacial score (nSPS) is 12.3. The molecule has 1 atom stereocenters. The minimum atomic E-state index is -0.330. The fourth-order valence-electron chi connectivity index (χ4n) is 2.17. The zero-order chi connectivity index (χ0) is 15.8. The largest absolute Gasteiger partial charge is 0.350 e. The van der Waals surface area contributed by atoms with Crippen LogP contribution in [-0.4, -0.2) is 11.9 Å². The van der Waals surface area contributed by atoms with Crippen LogP contribution in [0.1, 0.15) is 24.5 Å². The highest BCUT2D eigenvalue weighted by atomic mass is 19.1. The predicted octanol–water partition coefficient (Wildman–Crippen LogP) is 3.98. The van der Waals surface area contributed by atoms with Crippen LogP contribution < -0.4 is 5.32 Å². The molecule has 1 N–H and O–H groups in total. The van der Waals surface area contributed by atoms with Crippen molar-refractivity contribution in [1.29, 1.82) is 0 Å². The van der Waals surface area contributed by atoms with E-state index in [2.05, 4.69) is 17.4 Å². The smallest absolute Gasteiger partial charge is 0.244 e. The number of carbonyl (C=O) groups is 1. The molecule has 1 amide bonds. The lowest BCUT2D eigenvalue weighted by Gasteiger charge is -2.12. The topological polar surface area (TPSA) is 29.1 Å². The van der Waals surface area contributed by atoms with Crippen LogP contribution in [0.2, 0.25) is 0 Å². The maximum Gasteiger partial charge on any atom is 0.244 e. The van der Waals surface area contributed by atoms with Crippen molar-refractivity contribution in [1.82, 2.24) is 5.32 Å². The molecule has 0 aliphatic heterocycles. The molecule has 0 saturated heterocycles. The van der Waals surface area contributed by atoms with E-state index in [1.54, 1.807) is 18.2 Å². The summed E-state index contributed by atoms with van der Waals surface area (Å²) in [6, 6.07) is 16.6. The van der Waals surface area contributed by atoms with Gasteiger partial charge in [-0.2, -0.15) is 0 Å². The number of benzene rings is 2. The van der Waals surface area contributed by atoms with Gasteiger partial charge < -0.3 is 5.32 Å². The third kappa shape index (κ3) is 5.17. The van der Waals surface area contributed by atoms with E-state index in [9.17, 15) is 9.18 Å². The van der Waals surface area contributed by atoms with Crippen LogP contribution in [0.15, 0.2) is 60.7 Å². The highest BCUT2D eigenvalue weighted by molar-refractivity contribution is 5.91. The molecule has 2 nitrogen and oxygen atoms in total. The van der Waals surface area contributed by atoms with Gasteiger partial charge in [-0.3, -0.25) is 4.79 Å². The maximum absolute atomic E-state index is 13.4. The monoisotopic (exact) mass is 297 g/mol. The summed E-state index contributed by atoms with van der Waals surface area (Å²) in [5.74, 6) is -0.535. The number of amides is 1. The minimum Gasteiger partial charge on any atom is -0.350 e. The first-order chi connectivity index (χ1) is 10.6. The van der Waals surface area contributed by atoms with Crippen molar-refractivity contribution in [2.75, 3.05) is 0 Å².